The van der Waals surface area contributed by atoms with E-state index in [1.54, 1.807) is 6.92 Å². The van der Waals surface area contributed by atoms with Crippen LogP contribution in [0.2, 0.25) is 0 Å². The molecule has 2 heteroatoms. The van der Waals surface area contributed by atoms with Gasteiger partial charge < -0.3 is 4.57 Å². The van der Waals surface area contributed by atoms with Crippen molar-refractivity contribution in [2.45, 2.75) is 65.7 Å². The first kappa shape index (κ1) is 16.0. The Morgan fingerprint density at radius 1 is 1.13 bits per heavy atom. The second-order valence-corrected chi connectivity index (χ2v) is 6.78. The maximum Gasteiger partial charge on any atom is 0.161 e. The first-order valence-electron chi connectivity index (χ1n) is 8.96. The number of hydrogen-bond donors (Lipinski definition) is 0. The highest BCUT2D eigenvalue weighted by molar-refractivity contribution is 5.97. The van der Waals surface area contributed by atoms with Gasteiger partial charge in [-0.1, -0.05) is 31.0 Å². The zero-order valence-corrected chi connectivity index (χ0v) is 14.6. The van der Waals surface area contributed by atoms with Crippen molar-refractivity contribution in [3.63, 3.8) is 0 Å². The van der Waals surface area contributed by atoms with Gasteiger partial charge in [0, 0.05) is 22.6 Å². The summed E-state index contributed by atoms with van der Waals surface area (Å²) < 4.78 is 2.40. The summed E-state index contributed by atoms with van der Waals surface area (Å²) >= 11 is 0. The van der Waals surface area contributed by atoms with E-state index in [2.05, 4.69) is 42.7 Å². The minimum Gasteiger partial charge on any atom is -0.317 e. The largest absolute Gasteiger partial charge is 0.317 e. The van der Waals surface area contributed by atoms with Crippen molar-refractivity contribution >= 4 is 5.78 Å². The van der Waals surface area contributed by atoms with Crippen LogP contribution in [0.4, 0.5) is 0 Å². The van der Waals surface area contributed by atoms with Gasteiger partial charge in [0.2, 0.25) is 0 Å². The van der Waals surface area contributed by atoms with Gasteiger partial charge in [-0.05, 0) is 70.1 Å². The second kappa shape index (κ2) is 6.74. The quantitative estimate of drug-likeness (QED) is 0.695. The molecule has 1 aliphatic carbocycles. The van der Waals surface area contributed by atoms with Crippen LogP contribution in [-0.2, 0) is 19.3 Å². The number of hydrogen-bond acceptors (Lipinski definition) is 1. The van der Waals surface area contributed by atoms with E-state index in [1.807, 2.05) is 0 Å². The van der Waals surface area contributed by atoms with Gasteiger partial charge in [-0.3, -0.25) is 4.79 Å². The lowest BCUT2D eigenvalue weighted by Gasteiger charge is -2.17. The normalized spacial score (nSPS) is 13.9. The van der Waals surface area contributed by atoms with Gasteiger partial charge >= 0.3 is 0 Å². The van der Waals surface area contributed by atoms with Crippen molar-refractivity contribution in [3.05, 3.63) is 52.3 Å². The Kier molecular flexibility index (Phi) is 4.70. The van der Waals surface area contributed by atoms with Crippen LogP contribution in [0, 0.1) is 6.92 Å². The summed E-state index contributed by atoms with van der Waals surface area (Å²) in [5.41, 5.74) is 7.47. The molecule has 1 aromatic carbocycles. The number of unbranched alkanes of at least 4 members (excludes halogenated alkanes) is 1. The number of Topliss-reactive ketones (excluding diaryl/α,β-unsaturated/α-hetero) is 1. The van der Waals surface area contributed by atoms with E-state index in [1.165, 1.54) is 41.0 Å². The molecule has 0 saturated heterocycles. The van der Waals surface area contributed by atoms with Crippen molar-refractivity contribution in [1.82, 2.24) is 4.57 Å². The summed E-state index contributed by atoms with van der Waals surface area (Å²) in [6, 6.07) is 8.73. The standard InChI is InChI=1S/C21H27NO/c1-4-5-9-20-21(16(3)23)18-8-6-7-10-19(18)22(20)17-13-11-15(2)12-14-17/h11-14H,4-10H2,1-3H3. The molecule has 0 aliphatic heterocycles. The average molecular weight is 309 g/mol. The molecule has 0 radical (unpaired) electrons. The molecule has 0 spiro atoms. The van der Waals surface area contributed by atoms with E-state index in [4.69, 9.17) is 0 Å². The van der Waals surface area contributed by atoms with Crippen molar-refractivity contribution in [2.75, 3.05) is 0 Å². The Balaban J connectivity index is 2.22. The molecule has 3 rings (SSSR count). The third kappa shape index (κ3) is 2.99. The Bertz CT molecular complexity index is 706. The predicted octanol–water partition coefficient (Wildman–Crippen LogP) is 5.21. The monoisotopic (exact) mass is 309 g/mol. The van der Waals surface area contributed by atoms with E-state index >= 15 is 0 Å². The molecule has 0 bridgehead atoms. The molecule has 23 heavy (non-hydrogen) atoms. The summed E-state index contributed by atoms with van der Waals surface area (Å²) in [5, 5.41) is 0. The molecule has 0 atom stereocenters. The Hall–Kier alpha value is -1.83. The minimum absolute atomic E-state index is 0.236. The van der Waals surface area contributed by atoms with E-state index in [0.717, 1.165) is 37.7 Å². The fourth-order valence-electron chi connectivity index (χ4n) is 3.86. The molecule has 122 valence electrons. The van der Waals surface area contributed by atoms with Crippen molar-refractivity contribution in [3.8, 4) is 5.69 Å². The molecule has 2 aromatic rings. The molecule has 0 amide bonds. The Morgan fingerprint density at radius 2 is 1.83 bits per heavy atom. The lowest BCUT2D eigenvalue weighted by atomic mass is 9.92. The minimum atomic E-state index is 0.236. The number of ketones is 1. The summed E-state index contributed by atoms with van der Waals surface area (Å²) in [6.45, 7) is 6.07. The second-order valence-electron chi connectivity index (χ2n) is 6.78. The Labute approximate surface area is 139 Å². The van der Waals surface area contributed by atoms with Gasteiger partial charge in [0.05, 0.1) is 0 Å². The highest BCUT2D eigenvalue weighted by Gasteiger charge is 2.27. The summed E-state index contributed by atoms with van der Waals surface area (Å²) in [6.07, 6.45) is 7.87. The van der Waals surface area contributed by atoms with Crippen LogP contribution in [0.25, 0.3) is 5.69 Å². The molecule has 0 fully saturated rings. The number of carbonyl (C=O) groups is 1. The number of benzene rings is 1. The molecule has 1 aromatic heterocycles. The molecule has 2 nitrogen and oxygen atoms in total. The molecule has 0 saturated carbocycles. The number of fused-ring (bicyclic) bond motifs is 1. The number of rotatable bonds is 5. The smallest absolute Gasteiger partial charge is 0.161 e. The fraction of sp³-hybridized carbons (Fsp3) is 0.476. The van der Waals surface area contributed by atoms with Gasteiger partial charge in [0.1, 0.15) is 0 Å². The number of carbonyl (C=O) groups excluding carboxylic acids is 1. The molecule has 0 N–H and O–H groups in total. The summed E-state index contributed by atoms with van der Waals surface area (Å²) in [4.78, 5) is 12.4. The first-order valence-corrected chi connectivity index (χ1v) is 8.96. The highest BCUT2D eigenvalue weighted by atomic mass is 16.1. The Morgan fingerprint density at radius 3 is 2.48 bits per heavy atom. The molecule has 1 aliphatic rings. The van der Waals surface area contributed by atoms with Crippen molar-refractivity contribution < 1.29 is 4.79 Å². The van der Waals surface area contributed by atoms with Crippen LogP contribution < -0.4 is 0 Å². The lowest BCUT2D eigenvalue weighted by Crippen LogP contribution is -2.08. The van der Waals surface area contributed by atoms with Gasteiger partial charge in [0.15, 0.2) is 5.78 Å². The van der Waals surface area contributed by atoms with Crippen LogP contribution in [0.15, 0.2) is 24.3 Å². The first-order chi connectivity index (χ1) is 11.1. The van der Waals surface area contributed by atoms with Gasteiger partial charge in [0.25, 0.3) is 0 Å². The van der Waals surface area contributed by atoms with E-state index in [0.29, 0.717) is 0 Å². The maximum absolute atomic E-state index is 12.4. The topological polar surface area (TPSA) is 22.0 Å². The molecule has 0 unspecified atom stereocenters. The van der Waals surface area contributed by atoms with E-state index in [-0.39, 0.29) is 5.78 Å². The summed E-state index contributed by atoms with van der Waals surface area (Å²) in [5.74, 6) is 0.236. The molecule has 1 heterocycles. The van der Waals surface area contributed by atoms with Crippen molar-refractivity contribution in [1.29, 1.82) is 0 Å². The zero-order valence-electron chi connectivity index (χ0n) is 14.6. The third-order valence-corrected chi connectivity index (χ3v) is 4.98. The third-order valence-electron chi connectivity index (χ3n) is 4.98. The zero-order chi connectivity index (χ0) is 16.4. The number of aryl methyl sites for hydroxylation is 1. The van der Waals surface area contributed by atoms with Crippen LogP contribution in [0.3, 0.4) is 0 Å². The summed E-state index contributed by atoms with van der Waals surface area (Å²) in [7, 11) is 0. The van der Waals surface area contributed by atoms with Crippen LogP contribution in [-0.4, -0.2) is 10.4 Å². The van der Waals surface area contributed by atoms with Gasteiger partial charge in [-0.25, -0.2) is 0 Å². The molecular weight excluding hydrogens is 282 g/mol. The van der Waals surface area contributed by atoms with Crippen LogP contribution in [0.5, 0.6) is 0 Å². The maximum atomic E-state index is 12.4. The average Bonchev–Trinajstić information content (AvgIpc) is 2.88. The number of nitrogens with zero attached hydrogens (tertiary/aromatic N) is 1. The number of aromatic nitrogens is 1. The van der Waals surface area contributed by atoms with Gasteiger partial charge in [-0.15, -0.1) is 0 Å². The highest BCUT2D eigenvalue weighted by Crippen LogP contribution is 2.34. The van der Waals surface area contributed by atoms with Crippen LogP contribution >= 0.6 is 0 Å². The van der Waals surface area contributed by atoms with Gasteiger partial charge in [-0.2, -0.15) is 0 Å². The van der Waals surface area contributed by atoms with Crippen LogP contribution in [0.1, 0.15) is 72.4 Å². The van der Waals surface area contributed by atoms with Crippen molar-refractivity contribution in [2.24, 2.45) is 0 Å². The van der Waals surface area contributed by atoms with E-state index in [9.17, 15) is 4.79 Å². The molecular formula is C21H27NO. The SMILES string of the molecule is CCCCc1c(C(C)=O)c2c(n1-c1ccc(C)cc1)CCCC2. The fourth-order valence-corrected chi connectivity index (χ4v) is 3.86. The lowest BCUT2D eigenvalue weighted by molar-refractivity contribution is 0.101. The predicted molar refractivity (Wildman–Crippen MR) is 95.8 cm³/mol. The van der Waals surface area contributed by atoms with E-state index < -0.39 is 0 Å².